The maximum atomic E-state index is 5.66. The van der Waals surface area contributed by atoms with Crippen LogP contribution in [0.4, 0.5) is 5.95 Å². The number of aromatic nitrogens is 3. The summed E-state index contributed by atoms with van der Waals surface area (Å²) < 4.78 is 1.00. The van der Waals surface area contributed by atoms with E-state index in [0.29, 0.717) is 5.82 Å². The van der Waals surface area contributed by atoms with Crippen LogP contribution < -0.4 is 5.73 Å². The summed E-state index contributed by atoms with van der Waals surface area (Å²) in [6.07, 6.45) is 0. The monoisotopic (exact) mass is 290 g/mol. The Kier molecular flexibility index (Phi) is 2.66. The molecule has 2 rings (SSSR count). The fourth-order valence-corrected chi connectivity index (χ4v) is 2.40. The highest BCUT2D eigenvalue weighted by Crippen LogP contribution is 2.29. The summed E-state index contributed by atoms with van der Waals surface area (Å²) in [7, 11) is 0. The van der Waals surface area contributed by atoms with Crippen molar-refractivity contribution in [2.45, 2.75) is 0 Å². The second kappa shape index (κ2) is 3.80. The fourth-order valence-electron chi connectivity index (χ4n) is 0.910. The van der Waals surface area contributed by atoms with E-state index in [0.717, 1.165) is 8.66 Å². The molecule has 0 aliphatic rings. The van der Waals surface area contributed by atoms with Gasteiger partial charge in [0.25, 0.3) is 0 Å². The molecule has 0 aliphatic heterocycles. The second-order valence-electron chi connectivity index (χ2n) is 2.39. The topological polar surface area (TPSA) is 64.7 Å². The van der Waals surface area contributed by atoms with Gasteiger partial charge in [-0.2, -0.15) is 15.0 Å². The molecule has 0 atom stereocenters. The standard InChI is InChI=1S/C7H4BrClN4S/c8-4-2-1-3(14-4)5-11-6(9)13-7(10)12-5/h1-2H,(H2,10,11,12,13). The van der Waals surface area contributed by atoms with Crippen molar-refractivity contribution in [2.24, 2.45) is 0 Å². The molecule has 14 heavy (non-hydrogen) atoms. The molecule has 0 fully saturated rings. The molecule has 0 aliphatic carbocycles. The van der Waals surface area contributed by atoms with Crippen molar-refractivity contribution in [3.63, 3.8) is 0 Å². The average Bonchev–Trinajstić information content (AvgIpc) is 2.50. The number of rotatable bonds is 1. The number of hydrogen-bond acceptors (Lipinski definition) is 5. The lowest BCUT2D eigenvalue weighted by atomic mass is 10.4. The van der Waals surface area contributed by atoms with Gasteiger partial charge in [0.1, 0.15) is 0 Å². The Morgan fingerprint density at radius 1 is 1.29 bits per heavy atom. The van der Waals surface area contributed by atoms with Crippen LogP contribution in [-0.4, -0.2) is 15.0 Å². The molecule has 2 aromatic heterocycles. The molecule has 2 N–H and O–H groups in total. The zero-order chi connectivity index (χ0) is 10.1. The Labute approximate surface area is 97.3 Å². The van der Waals surface area contributed by atoms with Gasteiger partial charge >= 0.3 is 0 Å². The van der Waals surface area contributed by atoms with Crippen molar-refractivity contribution in [1.82, 2.24) is 15.0 Å². The van der Waals surface area contributed by atoms with Gasteiger partial charge in [0, 0.05) is 0 Å². The highest BCUT2D eigenvalue weighted by Gasteiger charge is 2.07. The van der Waals surface area contributed by atoms with Crippen molar-refractivity contribution in [1.29, 1.82) is 0 Å². The van der Waals surface area contributed by atoms with Crippen LogP contribution in [0.15, 0.2) is 15.9 Å². The van der Waals surface area contributed by atoms with Gasteiger partial charge in [0.05, 0.1) is 8.66 Å². The van der Waals surface area contributed by atoms with Crippen LogP contribution in [0.25, 0.3) is 10.7 Å². The Morgan fingerprint density at radius 3 is 2.64 bits per heavy atom. The molecule has 72 valence electrons. The Hall–Kier alpha value is -0.720. The van der Waals surface area contributed by atoms with Crippen molar-refractivity contribution in [3.8, 4) is 10.7 Å². The molecule has 0 bridgehead atoms. The minimum atomic E-state index is 0.108. The molecule has 0 aromatic carbocycles. The first-order valence-corrected chi connectivity index (χ1v) is 5.56. The van der Waals surface area contributed by atoms with Crippen LogP contribution in [0.2, 0.25) is 5.28 Å². The maximum Gasteiger partial charge on any atom is 0.227 e. The summed E-state index contributed by atoms with van der Waals surface area (Å²) in [5, 5.41) is 0.108. The van der Waals surface area contributed by atoms with Crippen molar-refractivity contribution in [3.05, 3.63) is 21.2 Å². The highest BCUT2D eigenvalue weighted by molar-refractivity contribution is 9.11. The first kappa shape index (κ1) is 9.82. The zero-order valence-electron chi connectivity index (χ0n) is 6.74. The number of halogens is 2. The quantitative estimate of drug-likeness (QED) is 0.877. The Morgan fingerprint density at radius 2 is 2.07 bits per heavy atom. The molecule has 0 radical (unpaired) electrons. The van der Waals surface area contributed by atoms with Crippen molar-refractivity contribution >= 4 is 44.8 Å². The van der Waals surface area contributed by atoms with E-state index >= 15 is 0 Å². The van der Waals surface area contributed by atoms with Crippen LogP contribution in [0.5, 0.6) is 0 Å². The van der Waals surface area contributed by atoms with E-state index in [2.05, 4.69) is 30.9 Å². The van der Waals surface area contributed by atoms with Crippen LogP contribution in [0, 0.1) is 0 Å². The number of anilines is 1. The number of thiophene rings is 1. The van der Waals surface area contributed by atoms with Gasteiger partial charge < -0.3 is 5.73 Å². The van der Waals surface area contributed by atoms with Gasteiger partial charge in [-0.1, -0.05) is 0 Å². The highest BCUT2D eigenvalue weighted by atomic mass is 79.9. The van der Waals surface area contributed by atoms with Crippen molar-refractivity contribution in [2.75, 3.05) is 5.73 Å². The number of nitrogens with zero attached hydrogens (tertiary/aromatic N) is 3. The third-order valence-corrected chi connectivity index (χ3v) is 3.21. The molecule has 0 amide bonds. The molecule has 4 nitrogen and oxygen atoms in total. The van der Waals surface area contributed by atoms with Crippen LogP contribution in [0.3, 0.4) is 0 Å². The van der Waals surface area contributed by atoms with E-state index in [4.69, 9.17) is 17.3 Å². The molecule has 0 spiro atoms. The molecular formula is C7H4BrClN4S. The van der Waals surface area contributed by atoms with Gasteiger partial charge in [0.2, 0.25) is 11.2 Å². The predicted octanol–water partition coefficient (Wildman–Crippen LogP) is 2.60. The summed E-state index contributed by atoms with van der Waals surface area (Å²) in [4.78, 5) is 12.5. The van der Waals surface area contributed by atoms with E-state index < -0.39 is 0 Å². The molecule has 0 unspecified atom stereocenters. The Bertz CT molecular complexity index is 452. The van der Waals surface area contributed by atoms with E-state index in [-0.39, 0.29) is 11.2 Å². The molecule has 0 saturated carbocycles. The van der Waals surface area contributed by atoms with E-state index in [9.17, 15) is 0 Å². The van der Waals surface area contributed by atoms with Gasteiger partial charge in [-0.15, -0.1) is 11.3 Å². The lowest BCUT2D eigenvalue weighted by molar-refractivity contribution is 1.08. The summed E-state index contributed by atoms with van der Waals surface area (Å²) >= 11 is 10.5. The summed E-state index contributed by atoms with van der Waals surface area (Å²) in [5.74, 6) is 0.628. The SMILES string of the molecule is Nc1nc(Cl)nc(-c2ccc(Br)s2)n1. The number of nitrogens with two attached hydrogens (primary N) is 1. The third kappa shape index (κ3) is 2.02. The van der Waals surface area contributed by atoms with E-state index in [1.54, 1.807) is 0 Å². The van der Waals surface area contributed by atoms with Crippen molar-refractivity contribution < 1.29 is 0 Å². The van der Waals surface area contributed by atoms with Crippen LogP contribution in [0.1, 0.15) is 0 Å². The summed E-state index contributed by atoms with van der Waals surface area (Å²) in [6.45, 7) is 0. The summed E-state index contributed by atoms with van der Waals surface area (Å²) in [6, 6.07) is 3.80. The van der Waals surface area contributed by atoms with Gasteiger partial charge in [0.15, 0.2) is 5.82 Å². The molecule has 7 heteroatoms. The van der Waals surface area contributed by atoms with Gasteiger partial charge in [-0.25, -0.2) is 0 Å². The maximum absolute atomic E-state index is 5.66. The van der Waals surface area contributed by atoms with Crippen LogP contribution in [-0.2, 0) is 0 Å². The second-order valence-corrected chi connectivity index (χ2v) is 5.19. The zero-order valence-corrected chi connectivity index (χ0v) is 9.90. The summed E-state index contributed by atoms with van der Waals surface area (Å²) in [5.41, 5.74) is 5.45. The smallest absolute Gasteiger partial charge is 0.227 e. The minimum Gasteiger partial charge on any atom is -0.368 e. The first-order valence-electron chi connectivity index (χ1n) is 3.58. The lowest BCUT2D eigenvalue weighted by Crippen LogP contribution is -1.98. The predicted molar refractivity (Wildman–Crippen MR) is 60.3 cm³/mol. The number of hydrogen-bond donors (Lipinski definition) is 1. The normalized spacial score (nSPS) is 10.4. The molecule has 2 aromatic rings. The van der Waals surface area contributed by atoms with E-state index in [1.165, 1.54) is 11.3 Å². The first-order chi connectivity index (χ1) is 6.65. The fraction of sp³-hybridized carbons (Fsp3) is 0. The lowest BCUT2D eigenvalue weighted by Gasteiger charge is -1.97. The van der Waals surface area contributed by atoms with Crippen LogP contribution >= 0.6 is 38.9 Å². The average molecular weight is 292 g/mol. The van der Waals surface area contributed by atoms with Gasteiger partial charge in [-0.3, -0.25) is 0 Å². The Balaban J connectivity index is 2.51. The molecule has 2 heterocycles. The minimum absolute atomic E-state index is 0.108. The molecule has 0 saturated heterocycles. The largest absolute Gasteiger partial charge is 0.368 e. The van der Waals surface area contributed by atoms with Gasteiger partial charge in [-0.05, 0) is 39.7 Å². The van der Waals surface area contributed by atoms with E-state index in [1.807, 2.05) is 12.1 Å². The molecular weight excluding hydrogens is 288 g/mol. The number of nitrogen functional groups attached to an aromatic ring is 1. The third-order valence-electron chi connectivity index (χ3n) is 1.42.